The van der Waals surface area contributed by atoms with Crippen LogP contribution in [0.3, 0.4) is 0 Å². The van der Waals surface area contributed by atoms with Gasteiger partial charge in [0.1, 0.15) is 0 Å². The van der Waals surface area contributed by atoms with E-state index in [9.17, 15) is 4.79 Å². The summed E-state index contributed by atoms with van der Waals surface area (Å²) in [6, 6.07) is 21.1. The monoisotopic (exact) mass is 491 g/mol. The molecule has 0 saturated heterocycles. The van der Waals surface area contributed by atoms with Crippen LogP contribution in [-0.2, 0) is 0 Å². The average Bonchev–Trinajstić information content (AvgIpc) is 3.28. The molecule has 0 N–H and O–H groups in total. The molecule has 0 aliphatic carbocycles. The third-order valence-corrected chi connectivity index (χ3v) is 5.68. The summed E-state index contributed by atoms with van der Waals surface area (Å²) in [6.07, 6.45) is 3.83. The van der Waals surface area contributed by atoms with Gasteiger partial charge in [-0.15, -0.1) is 0 Å². The zero-order valence-corrected chi connectivity index (χ0v) is 19.5. The van der Waals surface area contributed by atoms with Crippen molar-refractivity contribution in [2.24, 2.45) is 0 Å². The lowest BCUT2D eigenvalue weighted by Crippen LogP contribution is -2.04. The molecule has 1 aromatic heterocycles. The van der Waals surface area contributed by atoms with E-state index in [1.54, 1.807) is 12.1 Å². The lowest BCUT2D eigenvalue weighted by atomic mass is 9.97. The predicted octanol–water partition coefficient (Wildman–Crippen LogP) is 6.16. The van der Waals surface area contributed by atoms with Crippen LogP contribution in [0.1, 0.15) is 15.9 Å². The Morgan fingerprint density at radius 1 is 0.812 bits per heavy atom. The first-order valence-electron chi connectivity index (χ1n) is 9.93. The number of aromatic nitrogens is 1. The van der Waals surface area contributed by atoms with Crippen LogP contribution in [-0.4, -0.2) is 31.7 Å². The number of rotatable bonds is 7. The summed E-state index contributed by atoms with van der Waals surface area (Å²) >= 11 is 3.53. The van der Waals surface area contributed by atoms with Crippen molar-refractivity contribution in [3.63, 3.8) is 0 Å². The molecule has 32 heavy (non-hydrogen) atoms. The van der Waals surface area contributed by atoms with Crippen molar-refractivity contribution in [3.8, 4) is 34.1 Å². The van der Waals surface area contributed by atoms with Crippen molar-refractivity contribution >= 4 is 21.7 Å². The molecule has 0 aliphatic heterocycles. The first-order chi connectivity index (χ1) is 15.5. The Bertz CT molecular complexity index is 1240. The van der Waals surface area contributed by atoms with E-state index in [2.05, 4.69) is 15.9 Å². The van der Waals surface area contributed by atoms with E-state index in [0.717, 1.165) is 21.3 Å². The van der Waals surface area contributed by atoms with Crippen LogP contribution in [0.2, 0.25) is 0 Å². The maximum Gasteiger partial charge on any atom is 0.203 e. The van der Waals surface area contributed by atoms with E-state index in [-0.39, 0.29) is 5.78 Å². The van der Waals surface area contributed by atoms with Crippen LogP contribution in [0.25, 0.3) is 16.8 Å². The maximum atomic E-state index is 13.7. The highest BCUT2D eigenvalue weighted by Gasteiger charge is 2.22. The number of methoxy groups -OCH3 is 3. The smallest absolute Gasteiger partial charge is 0.203 e. The number of nitrogens with zero attached hydrogens (tertiary/aromatic N) is 1. The summed E-state index contributed by atoms with van der Waals surface area (Å²) in [6.45, 7) is 0. The fourth-order valence-corrected chi connectivity index (χ4v) is 4.04. The second kappa shape index (κ2) is 9.32. The van der Waals surface area contributed by atoms with Gasteiger partial charge in [0.15, 0.2) is 17.3 Å². The van der Waals surface area contributed by atoms with Crippen molar-refractivity contribution in [2.75, 3.05) is 21.3 Å². The molecule has 0 radical (unpaired) electrons. The van der Waals surface area contributed by atoms with Crippen molar-refractivity contribution < 1.29 is 19.0 Å². The Hall–Kier alpha value is -3.51. The standard InChI is InChI=1S/C26H22BrNO4/c1-30-23-13-18(14-24(31-2)26(23)32-3)25(29)22-16-28(20-10-5-4-6-11-20)15-21(22)17-8-7-9-19(27)12-17/h4-16H,1-3H3. The number of ether oxygens (including phenoxy) is 3. The quantitative estimate of drug-likeness (QED) is 0.290. The number of benzene rings is 3. The van der Waals surface area contributed by atoms with Crippen LogP contribution in [0.4, 0.5) is 0 Å². The Balaban J connectivity index is 1.89. The third-order valence-electron chi connectivity index (χ3n) is 5.19. The van der Waals surface area contributed by atoms with E-state index in [0.29, 0.717) is 28.4 Å². The zero-order chi connectivity index (χ0) is 22.7. The molecule has 4 rings (SSSR count). The fourth-order valence-electron chi connectivity index (χ4n) is 3.64. The van der Waals surface area contributed by atoms with Crippen molar-refractivity contribution in [2.45, 2.75) is 0 Å². The minimum atomic E-state index is -0.145. The molecule has 0 saturated carbocycles. The van der Waals surface area contributed by atoms with Crippen LogP contribution < -0.4 is 14.2 Å². The molecule has 0 unspecified atom stereocenters. The van der Waals surface area contributed by atoms with Gasteiger partial charge in [0.05, 0.1) is 21.3 Å². The topological polar surface area (TPSA) is 49.7 Å². The van der Waals surface area contributed by atoms with Crippen LogP contribution in [0, 0.1) is 0 Å². The molecular formula is C26H22BrNO4. The minimum Gasteiger partial charge on any atom is -0.493 e. The molecule has 0 amide bonds. The molecule has 4 aromatic rings. The van der Waals surface area contributed by atoms with Gasteiger partial charge in [0.25, 0.3) is 0 Å². The van der Waals surface area contributed by atoms with Gasteiger partial charge < -0.3 is 18.8 Å². The average molecular weight is 492 g/mol. The highest BCUT2D eigenvalue weighted by Crippen LogP contribution is 2.39. The molecule has 5 nitrogen and oxygen atoms in total. The van der Waals surface area contributed by atoms with Gasteiger partial charge in [-0.05, 0) is 42.0 Å². The van der Waals surface area contributed by atoms with Crippen LogP contribution >= 0.6 is 15.9 Å². The number of carbonyl (C=O) groups is 1. The summed E-state index contributed by atoms with van der Waals surface area (Å²) in [7, 11) is 4.60. The second-order valence-corrected chi connectivity index (χ2v) is 8.00. The lowest BCUT2D eigenvalue weighted by Gasteiger charge is -2.14. The number of para-hydroxylation sites is 1. The molecule has 0 atom stereocenters. The molecule has 6 heteroatoms. The number of hydrogen-bond donors (Lipinski definition) is 0. The molecule has 0 spiro atoms. The van der Waals surface area contributed by atoms with Gasteiger partial charge in [-0.2, -0.15) is 0 Å². The Kier molecular flexibility index (Phi) is 6.32. The molecule has 0 aliphatic rings. The van der Waals surface area contributed by atoms with E-state index < -0.39 is 0 Å². The molecule has 0 fully saturated rings. The van der Waals surface area contributed by atoms with Gasteiger partial charge in [0.2, 0.25) is 5.75 Å². The first kappa shape index (κ1) is 21.7. The largest absolute Gasteiger partial charge is 0.493 e. The number of ketones is 1. The van der Waals surface area contributed by atoms with Crippen molar-refractivity contribution in [1.82, 2.24) is 4.57 Å². The maximum absolute atomic E-state index is 13.7. The highest BCUT2D eigenvalue weighted by molar-refractivity contribution is 9.10. The summed E-state index contributed by atoms with van der Waals surface area (Å²) in [5, 5.41) is 0. The highest BCUT2D eigenvalue weighted by atomic mass is 79.9. The van der Waals surface area contributed by atoms with Gasteiger partial charge >= 0.3 is 0 Å². The summed E-state index contributed by atoms with van der Waals surface area (Å²) in [5.74, 6) is 1.16. The fraction of sp³-hybridized carbons (Fsp3) is 0.115. The number of carbonyl (C=O) groups excluding carboxylic acids is 1. The lowest BCUT2D eigenvalue weighted by molar-refractivity contribution is 0.103. The van der Waals surface area contributed by atoms with Gasteiger partial charge in [-0.25, -0.2) is 0 Å². The minimum absolute atomic E-state index is 0.145. The van der Waals surface area contributed by atoms with E-state index >= 15 is 0 Å². The molecule has 162 valence electrons. The zero-order valence-electron chi connectivity index (χ0n) is 18.0. The van der Waals surface area contributed by atoms with Gasteiger partial charge in [0, 0.05) is 39.2 Å². The van der Waals surface area contributed by atoms with E-state index in [1.807, 2.05) is 71.6 Å². The predicted molar refractivity (Wildman–Crippen MR) is 128 cm³/mol. The first-order valence-corrected chi connectivity index (χ1v) is 10.7. The molecule has 3 aromatic carbocycles. The Labute approximate surface area is 195 Å². The SMILES string of the molecule is COc1cc(C(=O)c2cn(-c3ccccc3)cc2-c2cccc(Br)c2)cc(OC)c1OC. The second-order valence-electron chi connectivity index (χ2n) is 7.08. The summed E-state index contributed by atoms with van der Waals surface area (Å²) in [5.41, 5.74) is 3.74. The van der Waals surface area contributed by atoms with Crippen molar-refractivity contribution in [3.05, 3.63) is 94.7 Å². The normalized spacial score (nSPS) is 10.6. The number of halogens is 1. The Morgan fingerprint density at radius 3 is 2.09 bits per heavy atom. The molecule has 0 bridgehead atoms. The third kappa shape index (κ3) is 4.14. The van der Waals surface area contributed by atoms with Crippen LogP contribution in [0.15, 0.2) is 83.6 Å². The van der Waals surface area contributed by atoms with E-state index in [1.165, 1.54) is 21.3 Å². The van der Waals surface area contributed by atoms with Crippen LogP contribution in [0.5, 0.6) is 17.2 Å². The van der Waals surface area contributed by atoms with Gasteiger partial charge in [-0.1, -0.05) is 46.3 Å². The van der Waals surface area contributed by atoms with Crippen molar-refractivity contribution in [1.29, 1.82) is 0 Å². The molecule has 1 heterocycles. The number of hydrogen-bond acceptors (Lipinski definition) is 4. The summed E-state index contributed by atoms with van der Waals surface area (Å²) in [4.78, 5) is 13.7. The Morgan fingerprint density at radius 2 is 1.50 bits per heavy atom. The van der Waals surface area contributed by atoms with Gasteiger partial charge in [-0.3, -0.25) is 4.79 Å². The summed E-state index contributed by atoms with van der Waals surface area (Å²) < 4.78 is 19.2. The van der Waals surface area contributed by atoms with E-state index in [4.69, 9.17) is 14.2 Å². The molecular weight excluding hydrogens is 470 g/mol.